The molecule has 0 saturated carbocycles. The van der Waals surface area contributed by atoms with Crippen molar-refractivity contribution in [1.82, 2.24) is 20.0 Å². The minimum Gasteiger partial charge on any atom is -0.356 e. The van der Waals surface area contributed by atoms with E-state index in [1.54, 1.807) is 0 Å². The van der Waals surface area contributed by atoms with E-state index in [1.807, 2.05) is 73.1 Å². The zero-order valence-electron chi connectivity index (χ0n) is 20.1. The van der Waals surface area contributed by atoms with Crippen molar-refractivity contribution in [2.75, 3.05) is 0 Å². The van der Waals surface area contributed by atoms with Gasteiger partial charge in [0.1, 0.15) is 6.20 Å². The van der Waals surface area contributed by atoms with E-state index in [9.17, 15) is 4.79 Å². The van der Waals surface area contributed by atoms with Crippen LogP contribution in [0.1, 0.15) is 11.1 Å². The first kappa shape index (κ1) is 21.6. The van der Waals surface area contributed by atoms with E-state index in [-0.39, 0.29) is 4.59 Å². The Balaban J connectivity index is 1.60. The second kappa shape index (κ2) is 8.17. The lowest BCUT2D eigenvalue weighted by atomic mass is 9.79. The molecular weight excluding hydrogens is 456 g/mol. The SMILES string of the molecule is O=CC1=C[N+](c2c[nH]c3ccccc23)(c2c[nH]c3ccccc23)NC1(c1ccccc1)c1ccccc1. The van der Waals surface area contributed by atoms with E-state index in [2.05, 4.69) is 70.1 Å². The summed E-state index contributed by atoms with van der Waals surface area (Å²) in [6.45, 7) is 0. The fourth-order valence-corrected chi connectivity index (χ4v) is 5.88. The first-order chi connectivity index (χ1) is 18.3. The van der Waals surface area contributed by atoms with Gasteiger partial charge in [-0.05, 0) is 35.4 Å². The first-order valence-corrected chi connectivity index (χ1v) is 12.4. The smallest absolute Gasteiger partial charge is 0.187 e. The van der Waals surface area contributed by atoms with E-state index in [4.69, 9.17) is 0 Å². The lowest BCUT2D eigenvalue weighted by Gasteiger charge is -2.37. The molecule has 2 aromatic heterocycles. The van der Waals surface area contributed by atoms with Gasteiger partial charge >= 0.3 is 0 Å². The van der Waals surface area contributed by atoms with Crippen LogP contribution in [-0.2, 0) is 10.3 Å². The van der Waals surface area contributed by atoms with Gasteiger partial charge in [-0.1, -0.05) is 84.9 Å². The predicted octanol–water partition coefficient (Wildman–Crippen LogP) is 6.83. The maximum absolute atomic E-state index is 13.0. The van der Waals surface area contributed by atoms with Crippen LogP contribution in [0.5, 0.6) is 0 Å². The molecular formula is C32H25N4O+. The Kier molecular flexibility index (Phi) is 4.76. The number of nitrogens with one attached hydrogen (secondary N) is 3. The molecule has 0 fully saturated rings. The summed E-state index contributed by atoms with van der Waals surface area (Å²) in [4.78, 5) is 19.9. The number of carbonyl (C=O) groups excluding carboxylic acids is 1. The molecule has 0 saturated heterocycles. The van der Waals surface area contributed by atoms with Crippen LogP contribution >= 0.6 is 0 Å². The van der Waals surface area contributed by atoms with Crippen LogP contribution < -0.4 is 10.0 Å². The lowest BCUT2D eigenvalue weighted by Crippen LogP contribution is -2.56. The van der Waals surface area contributed by atoms with Crippen LogP contribution in [-0.4, -0.2) is 16.3 Å². The number of aromatic nitrogens is 2. The number of aldehydes is 1. The third kappa shape index (κ3) is 3.02. The summed E-state index contributed by atoms with van der Waals surface area (Å²) < 4.78 is 0.159. The zero-order valence-corrected chi connectivity index (χ0v) is 20.1. The number of hydrogen-bond donors (Lipinski definition) is 3. The summed E-state index contributed by atoms with van der Waals surface area (Å²) in [6, 6.07) is 37.0. The molecule has 178 valence electrons. The van der Waals surface area contributed by atoms with Gasteiger partial charge in [0.25, 0.3) is 0 Å². The van der Waals surface area contributed by atoms with E-state index in [0.29, 0.717) is 5.57 Å². The van der Waals surface area contributed by atoms with E-state index in [1.165, 1.54) is 0 Å². The number of rotatable bonds is 5. The minimum absolute atomic E-state index is 0.159. The molecule has 5 nitrogen and oxygen atoms in total. The summed E-state index contributed by atoms with van der Waals surface area (Å²) in [5.74, 6) is 0. The fourth-order valence-electron chi connectivity index (χ4n) is 5.88. The van der Waals surface area contributed by atoms with Crippen LogP contribution in [0.4, 0.5) is 11.4 Å². The van der Waals surface area contributed by atoms with Crippen molar-refractivity contribution >= 4 is 39.5 Å². The third-order valence-electron chi connectivity index (χ3n) is 7.55. The highest BCUT2D eigenvalue weighted by Gasteiger charge is 2.56. The van der Waals surface area contributed by atoms with E-state index in [0.717, 1.165) is 50.6 Å². The van der Waals surface area contributed by atoms with Gasteiger partial charge < -0.3 is 9.97 Å². The van der Waals surface area contributed by atoms with Crippen molar-refractivity contribution in [3.05, 3.63) is 144 Å². The number of benzene rings is 4. The van der Waals surface area contributed by atoms with Crippen molar-refractivity contribution in [3.63, 3.8) is 0 Å². The molecule has 5 heteroatoms. The second-order valence-electron chi connectivity index (χ2n) is 9.46. The molecule has 4 aromatic carbocycles. The molecule has 0 radical (unpaired) electrons. The molecule has 1 aliphatic rings. The number of aromatic amines is 2. The Labute approximate surface area is 214 Å². The maximum atomic E-state index is 13.0. The number of fused-ring (bicyclic) bond motifs is 2. The summed E-state index contributed by atoms with van der Waals surface area (Å²) in [6.07, 6.45) is 7.16. The lowest BCUT2D eigenvalue weighted by molar-refractivity contribution is -0.105. The monoisotopic (exact) mass is 481 g/mol. The topological polar surface area (TPSA) is 60.7 Å². The molecule has 0 atom stereocenters. The third-order valence-corrected chi connectivity index (χ3v) is 7.55. The quantitative estimate of drug-likeness (QED) is 0.187. The van der Waals surface area contributed by atoms with Crippen molar-refractivity contribution in [2.24, 2.45) is 0 Å². The Morgan fingerprint density at radius 1 is 0.595 bits per heavy atom. The maximum Gasteiger partial charge on any atom is 0.187 e. The second-order valence-corrected chi connectivity index (χ2v) is 9.46. The number of H-pyrrole nitrogens is 2. The van der Waals surface area contributed by atoms with Crippen molar-refractivity contribution in [1.29, 1.82) is 0 Å². The molecule has 3 N–H and O–H groups in total. The normalized spacial score (nSPS) is 16.2. The average Bonchev–Trinajstić information content (AvgIpc) is 3.69. The first-order valence-electron chi connectivity index (χ1n) is 12.4. The van der Waals surface area contributed by atoms with E-state index < -0.39 is 5.54 Å². The molecule has 1 aliphatic heterocycles. The Hall–Kier alpha value is -4.71. The Bertz CT molecular complexity index is 1670. The van der Waals surface area contributed by atoms with Gasteiger partial charge in [-0.3, -0.25) is 4.79 Å². The van der Waals surface area contributed by atoms with Gasteiger partial charge in [0, 0.05) is 0 Å². The molecule has 7 rings (SSSR count). The summed E-state index contributed by atoms with van der Waals surface area (Å²) in [7, 11) is 0. The van der Waals surface area contributed by atoms with Crippen molar-refractivity contribution in [3.8, 4) is 0 Å². The van der Waals surface area contributed by atoms with Crippen LogP contribution in [0.15, 0.2) is 133 Å². The largest absolute Gasteiger partial charge is 0.356 e. The highest BCUT2D eigenvalue weighted by molar-refractivity contribution is 6.00. The molecule has 0 amide bonds. The standard InChI is InChI=1S/C32H25N4O/c37-22-25-21-36(30-19-33-28-17-9-7-15-26(28)30,31-20-34-29-18-10-8-16-27(29)31)35-32(25,23-11-3-1-4-12-23)24-13-5-2-6-14-24/h1-22,33-35H/q+1. The van der Waals surface area contributed by atoms with Gasteiger partial charge in [-0.2, -0.15) is 4.59 Å². The van der Waals surface area contributed by atoms with Gasteiger partial charge in [0.05, 0.1) is 39.8 Å². The fraction of sp³-hybridized carbons (Fsp3) is 0.0312. The molecule has 6 aromatic rings. The Morgan fingerprint density at radius 3 is 1.54 bits per heavy atom. The van der Waals surface area contributed by atoms with Crippen LogP contribution in [0.2, 0.25) is 0 Å². The van der Waals surface area contributed by atoms with Crippen molar-refractivity contribution in [2.45, 2.75) is 5.54 Å². The number of nitrogens with zero attached hydrogens (tertiary/aromatic N) is 1. The van der Waals surface area contributed by atoms with E-state index >= 15 is 0 Å². The highest BCUT2D eigenvalue weighted by atomic mass is 16.1. The van der Waals surface area contributed by atoms with Crippen molar-refractivity contribution < 1.29 is 4.79 Å². The minimum atomic E-state index is -0.874. The highest BCUT2D eigenvalue weighted by Crippen LogP contribution is 2.51. The summed E-state index contributed by atoms with van der Waals surface area (Å²) >= 11 is 0. The summed E-state index contributed by atoms with van der Waals surface area (Å²) in [5.41, 5.74) is 9.88. The van der Waals surface area contributed by atoms with Crippen LogP contribution in [0.25, 0.3) is 21.8 Å². The van der Waals surface area contributed by atoms with Gasteiger partial charge in [-0.25, -0.2) is 0 Å². The number of hydrogen-bond acceptors (Lipinski definition) is 2. The van der Waals surface area contributed by atoms with Crippen LogP contribution in [0.3, 0.4) is 0 Å². The molecule has 37 heavy (non-hydrogen) atoms. The number of para-hydroxylation sites is 2. The van der Waals surface area contributed by atoms with Gasteiger partial charge in [0.15, 0.2) is 23.2 Å². The molecule has 0 aliphatic carbocycles. The Morgan fingerprint density at radius 2 is 1.05 bits per heavy atom. The predicted molar refractivity (Wildman–Crippen MR) is 149 cm³/mol. The molecule has 0 spiro atoms. The van der Waals surface area contributed by atoms with Gasteiger partial charge in [-0.15, -0.1) is 5.43 Å². The summed E-state index contributed by atoms with van der Waals surface area (Å²) in [5, 5.41) is 2.16. The van der Waals surface area contributed by atoms with Crippen LogP contribution in [0, 0.1) is 0 Å². The molecule has 0 unspecified atom stereocenters. The average molecular weight is 482 g/mol. The molecule has 0 bridgehead atoms. The number of carbonyl (C=O) groups is 1. The number of quaternary nitrogens is 1. The zero-order chi connectivity index (χ0) is 24.9. The van der Waals surface area contributed by atoms with Gasteiger partial charge in [0.2, 0.25) is 0 Å². The molecule has 3 heterocycles.